The molecule has 1 N–H and O–H groups in total. The Morgan fingerprint density at radius 3 is 2.47 bits per heavy atom. The number of benzene rings is 2. The second kappa shape index (κ2) is 10.6. The number of hydrogen-bond donors (Lipinski definition) is 1. The van der Waals surface area contributed by atoms with Gasteiger partial charge in [0.05, 0.1) is 10.5 Å². The zero-order chi connectivity index (χ0) is 27.7. The largest absolute Gasteiger partial charge is 0.444 e. The molecule has 202 valence electrons. The van der Waals surface area contributed by atoms with Crippen molar-refractivity contribution in [2.75, 3.05) is 13.1 Å². The van der Waals surface area contributed by atoms with Crippen molar-refractivity contribution in [1.29, 1.82) is 0 Å². The number of carbonyl (C=O) groups is 2. The lowest BCUT2D eigenvalue weighted by Gasteiger charge is -2.22. The molecule has 3 aromatic rings. The number of rotatable bonds is 6. The Morgan fingerprint density at radius 2 is 1.79 bits per heavy atom. The van der Waals surface area contributed by atoms with Crippen LogP contribution in [-0.2, 0) is 26.2 Å². The Labute approximate surface area is 221 Å². The Bertz CT molecular complexity index is 1530. The molecule has 0 saturated carbocycles. The highest BCUT2D eigenvalue weighted by molar-refractivity contribution is 7.89. The summed E-state index contributed by atoms with van der Waals surface area (Å²) in [6, 6.07) is 12.6. The summed E-state index contributed by atoms with van der Waals surface area (Å²) in [5.41, 5.74) is -0.245. The van der Waals surface area contributed by atoms with E-state index in [1.165, 1.54) is 27.2 Å². The fourth-order valence-corrected chi connectivity index (χ4v) is 6.18. The summed E-state index contributed by atoms with van der Waals surface area (Å²) in [7, 11) is -3.98. The molecule has 1 fully saturated rings. The molecule has 2 aromatic carbocycles. The van der Waals surface area contributed by atoms with E-state index >= 15 is 0 Å². The minimum Gasteiger partial charge on any atom is -0.444 e. The summed E-state index contributed by atoms with van der Waals surface area (Å²) < 4.78 is 40.4. The molecule has 0 radical (unpaired) electrons. The van der Waals surface area contributed by atoms with Crippen molar-refractivity contribution in [3.8, 4) is 0 Å². The molecule has 2 heterocycles. The molecule has 11 heteroatoms. The van der Waals surface area contributed by atoms with E-state index in [0.717, 1.165) is 0 Å². The SMILES string of the molecule is Cc1cn(COC(=O)c2ccccc2)c(=O)c2cccc(S(=O)(=O)N3CC[C@H](NC(=O)OC(C)(C)C)C3)c12. The highest BCUT2D eigenvalue weighted by Crippen LogP contribution is 2.29. The molecule has 0 aliphatic carbocycles. The first-order valence-corrected chi connectivity index (χ1v) is 13.7. The van der Waals surface area contributed by atoms with Gasteiger partial charge in [0.2, 0.25) is 10.0 Å². The normalized spacial score (nSPS) is 16.4. The first kappa shape index (κ1) is 27.3. The first-order valence-electron chi connectivity index (χ1n) is 12.2. The Balaban J connectivity index is 1.56. The number of hydrogen-bond acceptors (Lipinski definition) is 7. The number of amides is 1. The van der Waals surface area contributed by atoms with Crippen molar-refractivity contribution >= 4 is 32.9 Å². The lowest BCUT2D eigenvalue weighted by atomic mass is 10.1. The lowest BCUT2D eigenvalue weighted by Crippen LogP contribution is -2.41. The van der Waals surface area contributed by atoms with E-state index in [4.69, 9.17) is 9.47 Å². The molecule has 0 spiro atoms. The van der Waals surface area contributed by atoms with Crippen LogP contribution in [0.15, 0.2) is 64.4 Å². The number of esters is 1. The monoisotopic (exact) mass is 541 g/mol. The molecule has 4 rings (SSSR count). The predicted molar refractivity (Wildman–Crippen MR) is 141 cm³/mol. The molecule has 1 amide bonds. The van der Waals surface area contributed by atoms with Crippen LogP contribution in [0.4, 0.5) is 4.79 Å². The lowest BCUT2D eigenvalue weighted by molar-refractivity contribution is 0.0366. The van der Waals surface area contributed by atoms with Crippen LogP contribution in [0.2, 0.25) is 0 Å². The maximum Gasteiger partial charge on any atom is 0.407 e. The van der Waals surface area contributed by atoms with Gasteiger partial charge in [0, 0.05) is 36.1 Å². The molecule has 38 heavy (non-hydrogen) atoms. The average Bonchev–Trinajstić information content (AvgIpc) is 3.33. The van der Waals surface area contributed by atoms with Crippen molar-refractivity contribution < 1.29 is 27.5 Å². The number of carbonyl (C=O) groups excluding carboxylic acids is 2. The van der Waals surface area contributed by atoms with Gasteiger partial charge in [-0.25, -0.2) is 18.0 Å². The van der Waals surface area contributed by atoms with E-state index in [0.29, 0.717) is 22.9 Å². The standard InChI is InChI=1S/C27H31N3O7S/c1-18-15-29(17-36-25(32)19-9-6-5-7-10-19)24(31)21-11-8-12-22(23(18)21)38(34,35)30-14-13-20(16-30)28-26(33)37-27(2,3)4/h5-12,15,20H,13-14,16-17H2,1-4H3,(H,28,33)/t20-/m0/s1. The Hall–Kier alpha value is -3.70. The molecule has 0 unspecified atom stereocenters. The van der Waals surface area contributed by atoms with E-state index < -0.39 is 39.3 Å². The summed E-state index contributed by atoms with van der Waals surface area (Å²) >= 11 is 0. The topological polar surface area (TPSA) is 124 Å². The number of nitrogens with one attached hydrogen (secondary N) is 1. The molecular formula is C27H31N3O7S. The van der Waals surface area contributed by atoms with Gasteiger partial charge < -0.3 is 14.8 Å². The molecule has 1 aliphatic heterocycles. The zero-order valence-electron chi connectivity index (χ0n) is 21.8. The molecule has 1 saturated heterocycles. The van der Waals surface area contributed by atoms with E-state index in [-0.39, 0.29) is 30.1 Å². The van der Waals surface area contributed by atoms with Gasteiger partial charge >= 0.3 is 12.1 Å². The van der Waals surface area contributed by atoms with Gasteiger partial charge in [0.25, 0.3) is 5.56 Å². The van der Waals surface area contributed by atoms with Crippen LogP contribution in [0.1, 0.15) is 43.1 Å². The highest BCUT2D eigenvalue weighted by atomic mass is 32.2. The van der Waals surface area contributed by atoms with Gasteiger partial charge in [0.1, 0.15) is 5.60 Å². The van der Waals surface area contributed by atoms with Crippen molar-refractivity contribution in [2.45, 2.75) is 57.4 Å². The second-order valence-electron chi connectivity index (χ2n) is 10.2. The van der Waals surface area contributed by atoms with Crippen LogP contribution < -0.4 is 10.9 Å². The molecule has 1 aliphatic rings. The number of ether oxygens (including phenoxy) is 2. The van der Waals surface area contributed by atoms with E-state index in [9.17, 15) is 22.8 Å². The molecule has 1 aromatic heterocycles. The van der Waals surface area contributed by atoms with Crippen LogP contribution >= 0.6 is 0 Å². The van der Waals surface area contributed by atoms with Gasteiger partial charge in [0.15, 0.2) is 6.73 Å². The average molecular weight is 542 g/mol. The number of fused-ring (bicyclic) bond motifs is 1. The third-order valence-electron chi connectivity index (χ3n) is 6.10. The Kier molecular flexibility index (Phi) is 7.61. The van der Waals surface area contributed by atoms with E-state index in [1.54, 1.807) is 64.1 Å². The van der Waals surface area contributed by atoms with Crippen molar-refractivity contribution in [3.63, 3.8) is 0 Å². The summed E-state index contributed by atoms with van der Waals surface area (Å²) in [6.45, 7) is 6.94. The fraction of sp³-hybridized carbons (Fsp3) is 0.370. The van der Waals surface area contributed by atoms with Gasteiger partial charge in [-0.2, -0.15) is 4.31 Å². The molecular weight excluding hydrogens is 510 g/mol. The summed E-state index contributed by atoms with van der Waals surface area (Å²) in [5, 5.41) is 3.24. The third kappa shape index (κ3) is 5.89. The van der Waals surface area contributed by atoms with Crippen molar-refractivity contribution in [1.82, 2.24) is 14.2 Å². The molecule has 0 bridgehead atoms. The minimum atomic E-state index is -3.98. The van der Waals surface area contributed by atoms with E-state index in [2.05, 4.69) is 5.32 Å². The van der Waals surface area contributed by atoms with Crippen molar-refractivity contribution in [3.05, 3.63) is 76.2 Å². The van der Waals surface area contributed by atoms with E-state index in [1.807, 2.05) is 0 Å². The number of pyridine rings is 1. The quantitative estimate of drug-likeness (QED) is 0.474. The summed E-state index contributed by atoms with van der Waals surface area (Å²) in [6.07, 6.45) is 1.32. The third-order valence-corrected chi connectivity index (χ3v) is 8.00. The van der Waals surface area contributed by atoms with Crippen LogP contribution in [0.5, 0.6) is 0 Å². The minimum absolute atomic E-state index is 0.0101. The summed E-state index contributed by atoms with van der Waals surface area (Å²) in [4.78, 5) is 37.7. The van der Waals surface area contributed by atoms with Crippen molar-refractivity contribution in [2.24, 2.45) is 0 Å². The van der Waals surface area contributed by atoms with Gasteiger partial charge in [-0.1, -0.05) is 24.3 Å². The predicted octanol–water partition coefficient (Wildman–Crippen LogP) is 3.41. The van der Waals surface area contributed by atoms with Crippen LogP contribution in [0.25, 0.3) is 10.8 Å². The first-order chi connectivity index (χ1) is 17.9. The van der Waals surface area contributed by atoms with Gasteiger partial charge in [-0.3, -0.25) is 9.36 Å². The number of nitrogens with zero attached hydrogens (tertiary/aromatic N) is 2. The van der Waals surface area contributed by atoms with Crippen LogP contribution in [-0.4, -0.2) is 54.1 Å². The van der Waals surface area contributed by atoms with Crippen LogP contribution in [0, 0.1) is 6.92 Å². The summed E-state index contributed by atoms with van der Waals surface area (Å²) in [5.74, 6) is -0.574. The smallest absolute Gasteiger partial charge is 0.407 e. The molecule has 10 nitrogen and oxygen atoms in total. The second-order valence-corrected chi connectivity index (χ2v) is 12.1. The number of sulfonamides is 1. The van der Waals surface area contributed by atoms with Crippen LogP contribution in [0.3, 0.4) is 0 Å². The Morgan fingerprint density at radius 1 is 1.08 bits per heavy atom. The number of aryl methyl sites for hydroxylation is 1. The van der Waals surface area contributed by atoms with Gasteiger partial charge in [-0.15, -0.1) is 0 Å². The van der Waals surface area contributed by atoms with Gasteiger partial charge in [-0.05, 0) is 63.9 Å². The maximum atomic E-state index is 13.6. The highest BCUT2D eigenvalue weighted by Gasteiger charge is 2.35. The fourth-order valence-electron chi connectivity index (χ4n) is 4.40. The number of alkyl carbamates (subject to hydrolysis) is 1. The molecule has 1 atom stereocenters. The zero-order valence-corrected chi connectivity index (χ0v) is 22.6. The number of aromatic nitrogens is 1. The maximum absolute atomic E-state index is 13.6.